The summed E-state index contributed by atoms with van der Waals surface area (Å²) in [6.07, 6.45) is 0. The van der Waals surface area contributed by atoms with Gasteiger partial charge in [-0.05, 0) is 50.2 Å². The lowest BCUT2D eigenvalue weighted by molar-refractivity contribution is 0.101. The number of para-hydroxylation sites is 1. The van der Waals surface area contributed by atoms with Crippen molar-refractivity contribution in [3.63, 3.8) is 0 Å². The van der Waals surface area contributed by atoms with E-state index in [4.69, 9.17) is 0 Å². The van der Waals surface area contributed by atoms with Gasteiger partial charge >= 0.3 is 0 Å². The smallest absolute Gasteiger partial charge is 0.281 e. The van der Waals surface area contributed by atoms with Crippen molar-refractivity contribution >= 4 is 11.7 Å². The van der Waals surface area contributed by atoms with E-state index in [9.17, 15) is 18.4 Å². The molecule has 2 heterocycles. The number of anilines is 1. The monoisotopic (exact) mass is 421 g/mol. The molecule has 2 aromatic heterocycles. The van der Waals surface area contributed by atoms with Gasteiger partial charge in [-0.1, -0.05) is 12.1 Å². The van der Waals surface area contributed by atoms with Gasteiger partial charge in [-0.2, -0.15) is 10.2 Å². The Morgan fingerprint density at radius 3 is 2.35 bits per heavy atom. The first-order valence-electron chi connectivity index (χ1n) is 9.33. The van der Waals surface area contributed by atoms with Crippen molar-refractivity contribution in [1.82, 2.24) is 19.6 Å². The van der Waals surface area contributed by atoms with Crippen LogP contribution in [0, 0.1) is 25.5 Å². The van der Waals surface area contributed by atoms with E-state index in [0.717, 1.165) is 0 Å². The zero-order chi connectivity index (χ0) is 22.1. The predicted molar refractivity (Wildman–Crippen MR) is 111 cm³/mol. The lowest BCUT2D eigenvalue weighted by Gasteiger charge is -2.12. The molecule has 31 heavy (non-hydrogen) atoms. The molecule has 9 heteroatoms. The number of nitrogens with one attached hydrogen (secondary N) is 1. The molecule has 0 aliphatic carbocycles. The second-order valence-electron chi connectivity index (χ2n) is 6.88. The van der Waals surface area contributed by atoms with Gasteiger partial charge in [-0.15, -0.1) is 0 Å². The molecule has 1 N–H and O–H groups in total. The minimum absolute atomic E-state index is 0.112. The van der Waals surface area contributed by atoms with Crippen LogP contribution in [0.25, 0.3) is 11.4 Å². The maximum absolute atomic E-state index is 14.2. The van der Waals surface area contributed by atoms with Crippen molar-refractivity contribution in [1.29, 1.82) is 0 Å². The highest BCUT2D eigenvalue weighted by atomic mass is 19.1. The summed E-state index contributed by atoms with van der Waals surface area (Å²) in [5.41, 5.74) is 0.594. The van der Waals surface area contributed by atoms with Gasteiger partial charge in [-0.25, -0.2) is 18.1 Å². The number of benzene rings is 2. The van der Waals surface area contributed by atoms with Gasteiger partial charge in [0.05, 0.1) is 11.4 Å². The first-order chi connectivity index (χ1) is 14.8. The summed E-state index contributed by atoms with van der Waals surface area (Å²) < 4.78 is 30.1. The van der Waals surface area contributed by atoms with Crippen LogP contribution in [0.15, 0.2) is 65.5 Å². The highest BCUT2D eigenvalue weighted by Gasteiger charge is 2.19. The van der Waals surface area contributed by atoms with Gasteiger partial charge in [0.2, 0.25) is 5.43 Å². The van der Waals surface area contributed by atoms with Crippen molar-refractivity contribution in [3.8, 4) is 11.4 Å². The Balaban J connectivity index is 1.72. The molecule has 0 bridgehead atoms. The summed E-state index contributed by atoms with van der Waals surface area (Å²) >= 11 is 0. The summed E-state index contributed by atoms with van der Waals surface area (Å²) in [5, 5.41) is 11.0. The molecular weight excluding hydrogens is 404 g/mol. The fourth-order valence-corrected chi connectivity index (χ4v) is 3.12. The summed E-state index contributed by atoms with van der Waals surface area (Å²) in [4.78, 5) is 25.3. The SMILES string of the molecule is Cc1cc(NC(=O)c2nn(-c3ccccc3F)c(C)cc2=O)n(-c2ccc(F)cc2)n1. The Morgan fingerprint density at radius 1 is 0.935 bits per heavy atom. The van der Waals surface area contributed by atoms with Crippen molar-refractivity contribution in [2.75, 3.05) is 5.32 Å². The molecule has 2 aromatic carbocycles. The molecule has 0 unspecified atom stereocenters. The van der Waals surface area contributed by atoms with E-state index < -0.39 is 28.7 Å². The van der Waals surface area contributed by atoms with Crippen molar-refractivity contribution in [2.45, 2.75) is 13.8 Å². The summed E-state index contributed by atoms with van der Waals surface area (Å²) in [7, 11) is 0. The molecule has 0 spiro atoms. The van der Waals surface area contributed by atoms with Gasteiger partial charge in [0.15, 0.2) is 5.69 Å². The second kappa shape index (κ2) is 7.94. The van der Waals surface area contributed by atoms with Gasteiger partial charge in [0.25, 0.3) is 5.91 Å². The molecule has 0 saturated carbocycles. The fourth-order valence-electron chi connectivity index (χ4n) is 3.12. The summed E-state index contributed by atoms with van der Waals surface area (Å²) in [6, 6.07) is 14.3. The average molecular weight is 421 g/mol. The van der Waals surface area contributed by atoms with E-state index in [1.807, 2.05) is 0 Å². The fraction of sp³-hybridized carbons (Fsp3) is 0.0909. The number of rotatable bonds is 4. The number of carbonyl (C=O) groups excluding carboxylic acids is 1. The number of carbonyl (C=O) groups is 1. The van der Waals surface area contributed by atoms with Crippen LogP contribution < -0.4 is 10.7 Å². The molecule has 156 valence electrons. The van der Waals surface area contributed by atoms with E-state index in [-0.39, 0.29) is 11.5 Å². The third-order valence-corrected chi connectivity index (χ3v) is 4.55. The number of aryl methyl sites for hydroxylation is 2. The van der Waals surface area contributed by atoms with Crippen LogP contribution in [-0.4, -0.2) is 25.5 Å². The Labute approximate surface area is 175 Å². The zero-order valence-electron chi connectivity index (χ0n) is 16.6. The minimum Gasteiger partial charge on any atom is -0.305 e. The van der Waals surface area contributed by atoms with Crippen LogP contribution >= 0.6 is 0 Å². The third kappa shape index (κ3) is 3.97. The van der Waals surface area contributed by atoms with Crippen LogP contribution in [-0.2, 0) is 0 Å². The van der Waals surface area contributed by atoms with Crippen LogP contribution in [0.4, 0.5) is 14.6 Å². The Hall–Kier alpha value is -4.14. The number of halogens is 2. The first-order valence-corrected chi connectivity index (χ1v) is 9.33. The lowest BCUT2D eigenvalue weighted by Crippen LogP contribution is -2.27. The van der Waals surface area contributed by atoms with Gasteiger partial charge in [-0.3, -0.25) is 9.59 Å². The number of hydrogen-bond donors (Lipinski definition) is 1. The van der Waals surface area contributed by atoms with E-state index in [1.165, 1.54) is 57.9 Å². The molecule has 0 saturated heterocycles. The summed E-state index contributed by atoms with van der Waals surface area (Å²) in [5.74, 6) is -1.46. The predicted octanol–water partition coefficient (Wildman–Crippen LogP) is 3.57. The average Bonchev–Trinajstić information content (AvgIpc) is 3.09. The van der Waals surface area contributed by atoms with Crippen LogP contribution in [0.3, 0.4) is 0 Å². The van der Waals surface area contributed by atoms with Crippen molar-refractivity contribution in [3.05, 3.63) is 99.6 Å². The molecule has 4 rings (SSSR count). The topological polar surface area (TPSA) is 81.8 Å². The number of amides is 1. The van der Waals surface area contributed by atoms with Crippen LogP contribution in [0.5, 0.6) is 0 Å². The number of nitrogens with zero attached hydrogens (tertiary/aromatic N) is 4. The van der Waals surface area contributed by atoms with Gasteiger partial charge < -0.3 is 5.32 Å². The van der Waals surface area contributed by atoms with E-state index in [2.05, 4.69) is 15.5 Å². The number of hydrogen-bond acceptors (Lipinski definition) is 4. The van der Waals surface area contributed by atoms with E-state index >= 15 is 0 Å². The molecule has 0 aliphatic rings. The van der Waals surface area contributed by atoms with E-state index in [1.54, 1.807) is 26.0 Å². The zero-order valence-corrected chi connectivity index (χ0v) is 16.6. The maximum Gasteiger partial charge on any atom is 0.281 e. The van der Waals surface area contributed by atoms with Gasteiger partial charge in [0, 0.05) is 17.8 Å². The van der Waals surface area contributed by atoms with Crippen LogP contribution in [0.2, 0.25) is 0 Å². The Bertz CT molecular complexity index is 1340. The Morgan fingerprint density at radius 2 is 1.65 bits per heavy atom. The Kier molecular flexibility index (Phi) is 5.16. The van der Waals surface area contributed by atoms with Crippen molar-refractivity contribution < 1.29 is 13.6 Å². The minimum atomic E-state index is -0.779. The molecule has 7 nitrogen and oxygen atoms in total. The highest BCUT2D eigenvalue weighted by Crippen LogP contribution is 2.18. The molecule has 4 aromatic rings. The largest absolute Gasteiger partial charge is 0.305 e. The molecule has 1 amide bonds. The van der Waals surface area contributed by atoms with Crippen LogP contribution in [0.1, 0.15) is 21.9 Å². The standard InChI is InChI=1S/C22H17F2N5O2/c1-13-11-20(29(26-13)16-9-7-15(23)8-10-16)25-22(31)21-19(30)12-14(2)28(27-21)18-6-4-3-5-17(18)24/h3-12H,1-2H3,(H,25,31). The normalized spacial score (nSPS) is 10.8. The molecule has 0 atom stereocenters. The summed E-state index contributed by atoms with van der Waals surface area (Å²) in [6.45, 7) is 3.32. The lowest BCUT2D eigenvalue weighted by atomic mass is 10.2. The second-order valence-corrected chi connectivity index (χ2v) is 6.88. The number of aromatic nitrogens is 4. The highest BCUT2D eigenvalue weighted by molar-refractivity contribution is 6.02. The molecule has 0 fully saturated rings. The van der Waals surface area contributed by atoms with Crippen molar-refractivity contribution in [2.24, 2.45) is 0 Å². The van der Waals surface area contributed by atoms with E-state index in [0.29, 0.717) is 17.1 Å². The maximum atomic E-state index is 14.2. The molecular formula is C22H17F2N5O2. The quantitative estimate of drug-likeness (QED) is 0.546. The van der Waals surface area contributed by atoms with Gasteiger partial charge in [0.1, 0.15) is 23.1 Å². The third-order valence-electron chi connectivity index (χ3n) is 4.55. The molecule has 0 aliphatic heterocycles. The first kappa shape index (κ1) is 20.1. The molecule has 0 radical (unpaired) electrons.